The second-order valence-electron chi connectivity index (χ2n) is 4.78. The van der Waals surface area contributed by atoms with Crippen LogP contribution in [0.3, 0.4) is 0 Å². The molecule has 2 rings (SSSR count). The van der Waals surface area contributed by atoms with Gasteiger partial charge in [0.25, 0.3) is 0 Å². The quantitative estimate of drug-likeness (QED) is 0.870. The fourth-order valence-electron chi connectivity index (χ4n) is 2.24. The number of amides is 1. The summed E-state index contributed by atoms with van der Waals surface area (Å²) >= 11 is 3.39. The Morgan fingerprint density at radius 2 is 2.24 bits per heavy atom. The monoisotopic (exact) mass is 351 g/mol. The molecular formula is C15H18BrN3O2. The van der Waals surface area contributed by atoms with Gasteiger partial charge in [0.05, 0.1) is 23.6 Å². The Bertz CT molecular complexity index is 666. The maximum atomic E-state index is 11.7. The van der Waals surface area contributed by atoms with E-state index in [1.54, 1.807) is 0 Å². The molecule has 1 unspecified atom stereocenters. The predicted molar refractivity (Wildman–Crippen MR) is 86.2 cm³/mol. The molecule has 21 heavy (non-hydrogen) atoms. The van der Waals surface area contributed by atoms with Crippen LogP contribution in [0.4, 0.5) is 0 Å². The van der Waals surface area contributed by atoms with Crippen LogP contribution in [-0.4, -0.2) is 29.2 Å². The summed E-state index contributed by atoms with van der Waals surface area (Å²) in [6.45, 7) is 6.43. The van der Waals surface area contributed by atoms with Crippen molar-refractivity contribution in [1.82, 2.24) is 14.9 Å². The lowest BCUT2D eigenvalue weighted by molar-refractivity contribution is -0.125. The van der Waals surface area contributed by atoms with E-state index in [-0.39, 0.29) is 18.6 Å². The first-order valence-electron chi connectivity index (χ1n) is 6.59. The largest absolute Gasteiger partial charge is 0.375 e. The molecule has 1 amide bonds. The normalized spacial score (nSPS) is 12.3. The Kier molecular flexibility index (Phi) is 5.14. The van der Waals surface area contributed by atoms with E-state index in [1.165, 1.54) is 7.11 Å². The smallest absolute Gasteiger partial charge is 0.246 e. The van der Waals surface area contributed by atoms with E-state index in [4.69, 9.17) is 4.74 Å². The molecule has 1 aromatic carbocycles. The molecule has 0 aliphatic carbocycles. The molecule has 1 aromatic heterocycles. The zero-order valence-corrected chi connectivity index (χ0v) is 13.7. The van der Waals surface area contributed by atoms with Crippen molar-refractivity contribution in [3.63, 3.8) is 0 Å². The van der Waals surface area contributed by atoms with Gasteiger partial charge in [-0.2, -0.15) is 0 Å². The predicted octanol–water partition coefficient (Wildman–Crippen LogP) is 2.77. The minimum atomic E-state index is -0.216. The lowest BCUT2D eigenvalue weighted by Gasteiger charge is -2.16. The Morgan fingerprint density at radius 3 is 2.90 bits per heavy atom. The zero-order chi connectivity index (χ0) is 15.4. The van der Waals surface area contributed by atoms with Crippen LogP contribution in [-0.2, 0) is 16.1 Å². The average molecular weight is 352 g/mol. The molecule has 2 aromatic rings. The second-order valence-corrected chi connectivity index (χ2v) is 5.91. The molecule has 0 radical (unpaired) electrons. The van der Waals surface area contributed by atoms with Gasteiger partial charge in [-0.3, -0.25) is 4.79 Å². The maximum Gasteiger partial charge on any atom is 0.246 e. The molecule has 1 N–H and O–H groups in total. The molecule has 5 nitrogen and oxygen atoms in total. The van der Waals surface area contributed by atoms with Crippen molar-refractivity contribution in [3.05, 3.63) is 41.2 Å². The van der Waals surface area contributed by atoms with Crippen LogP contribution in [0, 0.1) is 0 Å². The number of hydrogen-bond donors (Lipinski definition) is 1. The summed E-state index contributed by atoms with van der Waals surface area (Å²) in [5.41, 5.74) is 1.91. The molecule has 0 aliphatic rings. The first-order chi connectivity index (χ1) is 10.0. The van der Waals surface area contributed by atoms with E-state index >= 15 is 0 Å². The van der Waals surface area contributed by atoms with Gasteiger partial charge in [-0.25, -0.2) is 4.98 Å². The highest BCUT2D eigenvalue weighted by atomic mass is 79.9. The highest BCUT2D eigenvalue weighted by molar-refractivity contribution is 9.11. The van der Waals surface area contributed by atoms with Crippen molar-refractivity contribution in [2.24, 2.45) is 0 Å². The number of carbonyl (C=O) groups excluding carboxylic acids is 1. The fraction of sp³-hybridized carbons (Fsp3) is 0.333. The lowest BCUT2D eigenvalue weighted by atomic mass is 10.3. The van der Waals surface area contributed by atoms with Crippen LogP contribution in [0.2, 0.25) is 0 Å². The second kappa shape index (κ2) is 6.87. The zero-order valence-electron chi connectivity index (χ0n) is 12.1. The Hall–Kier alpha value is -1.66. The summed E-state index contributed by atoms with van der Waals surface area (Å²) in [5, 5.41) is 2.88. The minimum absolute atomic E-state index is 0.0374. The number of carbonyl (C=O) groups is 1. The van der Waals surface area contributed by atoms with Crippen LogP contribution in [0.5, 0.6) is 0 Å². The van der Waals surface area contributed by atoms with Gasteiger partial charge in [-0.05, 0) is 19.1 Å². The topological polar surface area (TPSA) is 56.2 Å². The Balaban J connectivity index is 2.37. The van der Waals surface area contributed by atoms with Gasteiger partial charge >= 0.3 is 0 Å². The summed E-state index contributed by atoms with van der Waals surface area (Å²) in [6, 6.07) is 7.66. The fourth-order valence-corrected chi connectivity index (χ4v) is 2.49. The van der Waals surface area contributed by atoms with Gasteiger partial charge in [0.1, 0.15) is 12.4 Å². The highest BCUT2D eigenvalue weighted by Gasteiger charge is 2.18. The molecule has 0 spiro atoms. The van der Waals surface area contributed by atoms with Gasteiger partial charge in [0.15, 0.2) is 0 Å². The molecule has 0 fully saturated rings. The molecule has 6 heteroatoms. The van der Waals surface area contributed by atoms with Crippen molar-refractivity contribution in [3.8, 4) is 0 Å². The molecule has 0 saturated carbocycles. The number of fused-ring (bicyclic) bond motifs is 1. The number of nitrogens with zero attached hydrogens (tertiary/aromatic N) is 2. The van der Waals surface area contributed by atoms with Gasteiger partial charge in [0.2, 0.25) is 5.91 Å². The van der Waals surface area contributed by atoms with Gasteiger partial charge in [0, 0.05) is 11.6 Å². The van der Waals surface area contributed by atoms with E-state index in [0.29, 0.717) is 6.54 Å². The summed E-state index contributed by atoms with van der Waals surface area (Å²) < 4.78 is 7.73. The van der Waals surface area contributed by atoms with E-state index in [1.807, 2.05) is 35.8 Å². The standard InChI is InChI=1S/C15H18BrN3O2/c1-10(16)8-19-13-7-5-4-6-12(13)18-15(19)11(2)17-14(20)9-21-3/h4-7,11H,1,8-9H2,2-3H3,(H,17,20). The van der Waals surface area contributed by atoms with Crippen molar-refractivity contribution in [2.75, 3.05) is 13.7 Å². The number of methoxy groups -OCH3 is 1. The van der Waals surface area contributed by atoms with Crippen molar-refractivity contribution in [1.29, 1.82) is 0 Å². The summed E-state index contributed by atoms with van der Waals surface area (Å²) in [4.78, 5) is 16.3. The Morgan fingerprint density at radius 1 is 1.52 bits per heavy atom. The molecule has 0 saturated heterocycles. The molecular weight excluding hydrogens is 334 g/mol. The summed E-state index contributed by atoms with van der Waals surface area (Å²) in [5.74, 6) is 0.627. The third kappa shape index (κ3) is 3.71. The van der Waals surface area contributed by atoms with Crippen LogP contribution >= 0.6 is 15.9 Å². The minimum Gasteiger partial charge on any atom is -0.375 e. The first kappa shape index (κ1) is 15.7. The summed E-state index contributed by atoms with van der Waals surface area (Å²) in [6.07, 6.45) is 0. The van der Waals surface area contributed by atoms with E-state index in [9.17, 15) is 4.79 Å². The third-order valence-corrected chi connectivity index (χ3v) is 3.30. The number of para-hydroxylation sites is 2. The molecule has 112 valence electrons. The number of aromatic nitrogens is 2. The number of nitrogens with one attached hydrogen (secondary N) is 1. The van der Waals surface area contributed by atoms with Crippen molar-refractivity contribution >= 4 is 32.9 Å². The number of benzene rings is 1. The van der Waals surface area contributed by atoms with E-state index in [2.05, 4.69) is 32.8 Å². The molecule has 0 aliphatic heterocycles. The SMILES string of the molecule is C=C(Br)Cn1c(C(C)NC(=O)COC)nc2ccccc21. The average Bonchev–Trinajstić information content (AvgIpc) is 2.77. The van der Waals surface area contributed by atoms with Gasteiger partial charge in [-0.1, -0.05) is 34.6 Å². The number of ether oxygens (including phenoxy) is 1. The van der Waals surface area contributed by atoms with Crippen LogP contribution in [0.1, 0.15) is 18.8 Å². The van der Waals surface area contributed by atoms with Gasteiger partial charge < -0.3 is 14.6 Å². The number of imidazole rings is 1. The molecule has 1 atom stereocenters. The van der Waals surface area contributed by atoms with Crippen molar-refractivity contribution < 1.29 is 9.53 Å². The van der Waals surface area contributed by atoms with Crippen molar-refractivity contribution in [2.45, 2.75) is 19.5 Å². The lowest BCUT2D eigenvalue weighted by Crippen LogP contribution is -2.31. The number of halogens is 1. The molecule has 1 heterocycles. The first-order valence-corrected chi connectivity index (χ1v) is 7.39. The third-order valence-electron chi connectivity index (χ3n) is 3.05. The maximum absolute atomic E-state index is 11.7. The van der Waals surface area contributed by atoms with Crippen LogP contribution in [0.15, 0.2) is 35.3 Å². The van der Waals surface area contributed by atoms with E-state index in [0.717, 1.165) is 21.3 Å². The number of hydrogen-bond acceptors (Lipinski definition) is 3. The Labute approximate surface area is 132 Å². The van der Waals surface area contributed by atoms with E-state index < -0.39 is 0 Å². The van der Waals surface area contributed by atoms with Crippen LogP contribution < -0.4 is 5.32 Å². The number of rotatable bonds is 6. The molecule has 0 bridgehead atoms. The van der Waals surface area contributed by atoms with Gasteiger partial charge in [-0.15, -0.1) is 0 Å². The number of allylic oxidation sites excluding steroid dienone is 1. The van der Waals surface area contributed by atoms with Crippen LogP contribution in [0.25, 0.3) is 11.0 Å². The summed E-state index contributed by atoms with van der Waals surface area (Å²) in [7, 11) is 1.49. The highest BCUT2D eigenvalue weighted by Crippen LogP contribution is 2.22.